The zero-order valence-corrected chi connectivity index (χ0v) is 15.9. The van der Waals surface area contributed by atoms with Crippen molar-refractivity contribution in [2.45, 2.75) is 26.7 Å². The number of benzene rings is 2. The van der Waals surface area contributed by atoms with Crippen molar-refractivity contribution in [1.82, 2.24) is 0 Å². The van der Waals surface area contributed by atoms with Gasteiger partial charge >= 0.3 is 0 Å². The second kappa shape index (κ2) is 10.9. The van der Waals surface area contributed by atoms with Gasteiger partial charge in [0.1, 0.15) is 0 Å². The summed E-state index contributed by atoms with van der Waals surface area (Å²) in [5, 5.41) is 0. The fourth-order valence-electron chi connectivity index (χ4n) is 2.32. The van der Waals surface area contributed by atoms with Crippen molar-refractivity contribution in [1.29, 1.82) is 0 Å². The molecule has 106 valence electrons. The summed E-state index contributed by atoms with van der Waals surface area (Å²) in [5.74, 6) is 0.237. The summed E-state index contributed by atoms with van der Waals surface area (Å²) in [6, 6.07) is 16.1. The largest absolute Gasteiger partial charge is 0.358 e. The van der Waals surface area contributed by atoms with Gasteiger partial charge in [0, 0.05) is 53.1 Å². The van der Waals surface area contributed by atoms with Crippen molar-refractivity contribution in [2.75, 3.05) is 0 Å². The molecule has 21 heavy (non-hydrogen) atoms. The van der Waals surface area contributed by atoms with Crippen molar-refractivity contribution >= 4 is 14.2 Å². The zero-order chi connectivity index (χ0) is 13.0. The predicted octanol–water partition coefficient (Wildman–Crippen LogP) is 4.11. The van der Waals surface area contributed by atoms with Crippen molar-refractivity contribution in [3.63, 3.8) is 0 Å². The maximum absolute atomic E-state index is 12.1. The Bertz CT molecular complexity index is 567. The normalized spacial score (nSPS) is 10.9. The Labute approximate surface area is 156 Å². The molecule has 0 fully saturated rings. The van der Waals surface area contributed by atoms with E-state index in [4.69, 9.17) is 0 Å². The topological polar surface area (TPSA) is 17.1 Å². The van der Waals surface area contributed by atoms with Gasteiger partial charge in [-0.1, -0.05) is 62.4 Å². The molecule has 2 aromatic rings. The molecule has 0 N–H and O–H groups in total. The Morgan fingerprint density at radius 3 is 1.76 bits per heavy atom. The number of carbonyl (C=O) groups excluding carboxylic acids is 1. The summed E-state index contributed by atoms with van der Waals surface area (Å²) in [7, 11) is 0. The molecule has 1 aliphatic carbocycles. The molecule has 0 atom stereocenters. The van der Waals surface area contributed by atoms with Crippen LogP contribution in [-0.4, -0.2) is 14.2 Å². The molecule has 0 bridgehead atoms. The van der Waals surface area contributed by atoms with Crippen LogP contribution in [0.15, 0.2) is 48.5 Å². The van der Waals surface area contributed by atoms with Crippen LogP contribution in [0.5, 0.6) is 0 Å². The van der Waals surface area contributed by atoms with Gasteiger partial charge in [-0.05, 0) is 23.1 Å². The Hall–Kier alpha value is -0.721. The fraction of sp³-hybridized carbons (Fsp3) is 0.222. The van der Waals surface area contributed by atoms with Crippen LogP contribution >= 0.6 is 0 Å². The van der Waals surface area contributed by atoms with Crippen molar-refractivity contribution in [3.05, 3.63) is 78.2 Å². The third-order valence-electron chi connectivity index (χ3n) is 3.17. The molecule has 0 unspecified atom stereocenters. The van der Waals surface area contributed by atoms with Gasteiger partial charge in [-0.2, -0.15) is 0 Å². The summed E-state index contributed by atoms with van der Waals surface area (Å²) < 4.78 is 0. The molecule has 0 aliphatic heterocycles. The number of Topliss-reactive ketones (excluding diaryl/α,β-unsaturated/α-hetero) is 1. The summed E-state index contributed by atoms with van der Waals surface area (Å²) in [4.78, 5) is 12.1. The van der Waals surface area contributed by atoms with E-state index in [1.54, 1.807) is 0 Å². The molecule has 0 saturated carbocycles. The average Bonchev–Trinajstić information content (AvgIpc) is 2.57. The van der Waals surface area contributed by atoms with E-state index in [1.807, 2.05) is 44.2 Å². The monoisotopic (exact) mass is 353 g/mol. The molecule has 4 radical (unpaired) electrons. The minimum absolute atomic E-state index is 0. The number of fused-ring (bicyclic) bond motifs is 2. The van der Waals surface area contributed by atoms with Gasteiger partial charge in [0.25, 0.3) is 0 Å². The molecule has 0 aromatic heterocycles. The van der Waals surface area contributed by atoms with Crippen LogP contribution in [0.4, 0.5) is 0 Å². The third-order valence-corrected chi connectivity index (χ3v) is 3.17. The summed E-state index contributed by atoms with van der Waals surface area (Å²) in [6.07, 6.45) is 1.41. The van der Waals surface area contributed by atoms with Gasteiger partial charge in [-0.15, -0.1) is 0 Å². The van der Waals surface area contributed by atoms with Crippen LogP contribution in [-0.2, 0) is 45.6 Å². The van der Waals surface area contributed by atoms with Gasteiger partial charge in [-0.25, -0.2) is 0 Å². The number of hydrogen-bond acceptors (Lipinski definition) is 1. The van der Waals surface area contributed by atoms with E-state index in [0.29, 0.717) is 6.42 Å². The standard InChI is InChI=1S/C15H12O.C2H6.CH3.B.Y/c16-15-10-12-6-2-1-5-11(12)9-13-7-3-4-8-14(13)15;1-2;;;/h1-8H,9-10H2;1-2H3;1H3;;/q;;-1;;. The van der Waals surface area contributed by atoms with Gasteiger partial charge in [0.15, 0.2) is 5.78 Å². The van der Waals surface area contributed by atoms with Crippen LogP contribution < -0.4 is 0 Å². The number of rotatable bonds is 0. The SMILES string of the molecule is CC.O=C1Cc2ccccc2Cc2ccccc21.[B].[CH3-].[Y]. The van der Waals surface area contributed by atoms with Gasteiger partial charge in [0.05, 0.1) is 0 Å². The van der Waals surface area contributed by atoms with E-state index in [1.165, 1.54) is 11.1 Å². The van der Waals surface area contributed by atoms with E-state index in [9.17, 15) is 4.79 Å². The van der Waals surface area contributed by atoms with E-state index in [-0.39, 0.29) is 54.3 Å². The number of hydrogen-bond donors (Lipinski definition) is 0. The van der Waals surface area contributed by atoms with Crippen molar-refractivity contribution in [3.8, 4) is 0 Å². The van der Waals surface area contributed by atoms with Crippen molar-refractivity contribution in [2.24, 2.45) is 0 Å². The van der Waals surface area contributed by atoms with Crippen LogP contribution in [0.1, 0.15) is 40.9 Å². The first-order chi connectivity index (χ1) is 8.84. The molecule has 0 amide bonds. The molecule has 1 aliphatic rings. The Morgan fingerprint density at radius 2 is 1.19 bits per heavy atom. The van der Waals surface area contributed by atoms with Crippen LogP contribution in [0.3, 0.4) is 0 Å². The van der Waals surface area contributed by atoms with E-state index in [2.05, 4.69) is 18.2 Å². The quantitative estimate of drug-likeness (QED) is 0.515. The van der Waals surface area contributed by atoms with E-state index >= 15 is 0 Å². The molecule has 0 saturated heterocycles. The summed E-state index contributed by atoms with van der Waals surface area (Å²) in [6.45, 7) is 4.00. The molecule has 1 nitrogen and oxygen atoms in total. The van der Waals surface area contributed by atoms with E-state index in [0.717, 1.165) is 17.5 Å². The minimum Gasteiger partial charge on any atom is -0.358 e. The zero-order valence-electron chi connectivity index (χ0n) is 13.1. The van der Waals surface area contributed by atoms with Crippen LogP contribution in [0.2, 0.25) is 0 Å². The predicted molar refractivity (Wildman–Crippen MR) is 87.2 cm³/mol. The fourth-order valence-corrected chi connectivity index (χ4v) is 2.32. The molecule has 2 aromatic carbocycles. The number of carbonyl (C=O) groups is 1. The number of ketones is 1. The Kier molecular flexibility index (Phi) is 11.7. The molecule has 3 heteroatoms. The minimum atomic E-state index is 0. The molecule has 0 spiro atoms. The van der Waals surface area contributed by atoms with Gasteiger partial charge in [-0.3, -0.25) is 4.79 Å². The van der Waals surface area contributed by atoms with Crippen molar-refractivity contribution < 1.29 is 37.5 Å². The first-order valence-corrected chi connectivity index (χ1v) is 6.52. The Balaban J connectivity index is 0. The maximum atomic E-state index is 12.1. The van der Waals surface area contributed by atoms with Crippen LogP contribution in [0.25, 0.3) is 0 Å². The van der Waals surface area contributed by atoms with Gasteiger partial charge < -0.3 is 7.43 Å². The Morgan fingerprint density at radius 1 is 0.762 bits per heavy atom. The van der Waals surface area contributed by atoms with Crippen LogP contribution in [0, 0.1) is 7.43 Å². The summed E-state index contributed by atoms with van der Waals surface area (Å²) >= 11 is 0. The van der Waals surface area contributed by atoms with E-state index < -0.39 is 0 Å². The molecular formula is C18H21BOY-. The smallest absolute Gasteiger partial charge is 0.167 e. The first-order valence-electron chi connectivity index (χ1n) is 6.52. The molecular weight excluding hydrogens is 332 g/mol. The molecule has 3 rings (SSSR count). The molecule has 0 heterocycles. The van der Waals surface area contributed by atoms with Gasteiger partial charge in [0.2, 0.25) is 0 Å². The third kappa shape index (κ3) is 5.20. The maximum Gasteiger partial charge on any atom is 0.167 e. The first kappa shape index (κ1) is 22.6. The summed E-state index contributed by atoms with van der Waals surface area (Å²) in [5.41, 5.74) is 4.49. The second-order valence-electron chi connectivity index (χ2n) is 4.20. The second-order valence-corrected chi connectivity index (χ2v) is 4.20. The average molecular weight is 353 g/mol.